The van der Waals surface area contributed by atoms with Crippen molar-refractivity contribution in [3.63, 3.8) is 0 Å². The number of sulfonamides is 1. The standard InChI is InChI=1S/C20H23N5O3S/c1-13-7-9-15(11-17(13)24-29(2,27)28)22-20-21-12-14-8-10-18(26)25(19(14)23-20)16-5-3-4-6-16/h7-12,16,24H,3-6H2,1-2H3,(H,21,22,23). The molecule has 4 rings (SSSR count). The fourth-order valence-electron chi connectivity index (χ4n) is 3.75. The van der Waals surface area contributed by atoms with E-state index < -0.39 is 10.0 Å². The summed E-state index contributed by atoms with van der Waals surface area (Å²) in [4.78, 5) is 21.5. The molecule has 0 saturated heterocycles. The van der Waals surface area contributed by atoms with Crippen LogP contribution in [0.4, 0.5) is 17.3 Å². The van der Waals surface area contributed by atoms with Crippen molar-refractivity contribution in [2.24, 2.45) is 0 Å². The van der Waals surface area contributed by atoms with Crippen LogP contribution >= 0.6 is 0 Å². The molecule has 8 nitrogen and oxygen atoms in total. The molecule has 0 amide bonds. The maximum atomic E-state index is 12.5. The summed E-state index contributed by atoms with van der Waals surface area (Å²) in [5.41, 5.74) is 2.50. The summed E-state index contributed by atoms with van der Waals surface area (Å²) in [5.74, 6) is 0.351. The summed E-state index contributed by atoms with van der Waals surface area (Å²) in [5, 5.41) is 3.92. The van der Waals surface area contributed by atoms with Gasteiger partial charge in [0.15, 0.2) is 0 Å². The number of nitrogens with zero attached hydrogens (tertiary/aromatic N) is 3. The van der Waals surface area contributed by atoms with E-state index in [1.165, 1.54) is 0 Å². The summed E-state index contributed by atoms with van der Waals surface area (Å²) in [7, 11) is -3.39. The van der Waals surface area contributed by atoms with Gasteiger partial charge in [-0.15, -0.1) is 0 Å². The molecular weight excluding hydrogens is 390 g/mol. The number of fused-ring (bicyclic) bond motifs is 1. The molecule has 3 aromatic rings. The lowest BCUT2D eigenvalue weighted by Crippen LogP contribution is -2.23. The average molecular weight is 414 g/mol. The highest BCUT2D eigenvalue weighted by Crippen LogP contribution is 2.30. The van der Waals surface area contributed by atoms with Crippen LogP contribution in [0.15, 0.2) is 41.3 Å². The van der Waals surface area contributed by atoms with E-state index in [0.29, 0.717) is 23.0 Å². The van der Waals surface area contributed by atoms with Crippen molar-refractivity contribution in [3.05, 3.63) is 52.4 Å². The fraction of sp³-hybridized carbons (Fsp3) is 0.350. The number of rotatable bonds is 5. The van der Waals surface area contributed by atoms with Gasteiger partial charge in [-0.2, -0.15) is 4.98 Å². The second-order valence-corrected chi connectivity index (χ2v) is 9.23. The van der Waals surface area contributed by atoms with Crippen LogP contribution in [0.25, 0.3) is 11.0 Å². The highest BCUT2D eigenvalue weighted by Gasteiger charge is 2.20. The van der Waals surface area contributed by atoms with E-state index >= 15 is 0 Å². The normalized spacial score (nSPS) is 15.0. The molecule has 0 unspecified atom stereocenters. The van der Waals surface area contributed by atoms with Gasteiger partial charge in [0, 0.05) is 29.4 Å². The first-order chi connectivity index (χ1) is 13.8. The van der Waals surface area contributed by atoms with Crippen molar-refractivity contribution in [3.8, 4) is 0 Å². The maximum absolute atomic E-state index is 12.5. The van der Waals surface area contributed by atoms with Crippen molar-refractivity contribution in [2.75, 3.05) is 16.3 Å². The molecular formula is C20H23N5O3S. The van der Waals surface area contributed by atoms with Crippen molar-refractivity contribution in [1.29, 1.82) is 0 Å². The third-order valence-electron chi connectivity index (χ3n) is 5.15. The molecule has 2 aromatic heterocycles. The van der Waals surface area contributed by atoms with E-state index in [1.807, 2.05) is 19.1 Å². The molecule has 9 heteroatoms. The van der Waals surface area contributed by atoms with Gasteiger partial charge in [0.1, 0.15) is 5.65 Å². The number of hydrogen-bond donors (Lipinski definition) is 2. The molecule has 1 aliphatic rings. The predicted octanol–water partition coefficient (Wildman–Crippen LogP) is 3.33. The zero-order valence-electron chi connectivity index (χ0n) is 16.3. The van der Waals surface area contributed by atoms with Gasteiger partial charge in [-0.05, 0) is 43.5 Å². The van der Waals surface area contributed by atoms with Gasteiger partial charge in [-0.3, -0.25) is 14.1 Å². The monoisotopic (exact) mass is 413 g/mol. The first-order valence-corrected chi connectivity index (χ1v) is 11.4. The number of aromatic nitrogens is 3. The largest absolute Gasteiger partial charge is 0.324 e. The SMILES string of the molecule is Cc1ccc(Nc2ncc3ccc(=O)n(C4CCCC4)c3n2)cc1NS(C)(=O)=O. The lowest BCUT2D eigenvalue weighted by atomic mass is 10.2. The highest BCUT2D eigenvalue weighted by molar-refractivity contribution is 7.92. The van der Waals surface area contributed by atoms with Crippen molar-refractivity contribution in [2.45, 2.75) is 38.6 Å². The average Bonchev–Trinajstić information content (AvgIpc) is 3.17. The number of benzene rings is 1. The number of hydrogen-bond acceptors (Lipinski definition) is 6. The van der Waals surface area contributed by atoms with Gasteiger partial charge in [0.2, 0.25) is 16.0 Å². The minimum atomic E-state index is -3.39. The van der Waals surface area contributed by atoms with E-state index in [-0.39, 0.29) is 11.6 Å². The second kappa shape index (κ2) is 7.47. The minimum absolute atomic E-state index is 0.0518. The van der Waals surface area contributed by atoms with E-state index in [0.717, 1.165) is 42.9 Å². The van der Waals surface area contributed by atoms with Crippen LogP contribution < -0.4 is 15.6 Å². The Balaban J connectivity index is 1.71. The van der Waals surface area contributed by atoms with Gasteiger partial charge in [-0.1, -0.05) is 18.9 Å². The van der Waals surface area contributed by atoms with E-state index in [4.69, 9.17) is 0 Å². The Morgan fingerprint density at radius 1 is 1.14 bits per heavy atom. The third kappa shape index (κ3) is 4.24. The Labute approximate surface area is 169 Å². The van der Waals surface area contributed by atoms with Gasteiger partial charge in [0.25, 0.3) is 5.56 Å². The molecule has 1 aromatic carbocycles. The zero-order chi connectivity index (χ0) is 20.6. The van der Waals surface area contributed by atoms with Crippen LogP contribution in [0.1, 0.15) is 37.3 Å². The minimum Gasteiger partial charge on any atom is -0.324 e. The molecule has 0 atom stereocenters. The highest BCUT2D eigenvalue weighted by atomic mass is 32.2. The van der Waals surface area contributed by atoms with E-state index in [2.05, 4.69) is 20.0 Å². The predicted molar refractivity (Wildman–Crippen MR) is 114 cm³/mol. The molecule has 1 fully saturated rings. The number of pyridine rings is 1. The van der Waals surface area contributed by atoms with Gasteiger partial charge < -0.3 is 5.32 Å². The Morgan fingerprint density at radius 3 is 2.62 bits per heavy atom. The topological polar surface area (TPSA) is 106 Å². The first kappa shape index (κ1) is 19.4. The number of anilines is 3. The summed E-state index contributed by atoms with van der Waals surface area (Å²) < 4.78 is 27.4. The molecule has 1 aliphatic carbocycles. The smallest absolute Gasteiger partial charge is 0.252 e. The van der Waals surface area contributed by atoms with Gasteiger partial charge in [-0.25, -0.2) is 13.4 Å². The second-order valence-electron chi connectivity index (χ2n) is 7.48. The molecule has 0 bridgehead atoms. The Hall–Kier alpha value is -2.94. The Morgan fingerprint density at radius 2 is 1.90 bits per heavy atom. The van der Waals surface area contributed by atoms with Crippen LogP contribution in [0.5, 0.6) is 0 Å². The lowest BCUT2D eigenvalue weighted by molar-refractivity contribution is 0.516. The van der Waals surface area contributed by atoms with Crippen LogP contribution in [-0.4, -0.2) is 29.2 Å². The first-order valence-electron chi connectivity index (χ1n) is 9.54. The lowest BCUT2D eigenvalue weighted by Gasteiger charge is -2.16. The van der Waals surface area contributed by atoms with Crippen molar-refractivity contribution < 1.29 is 8.42 Å². The summed E-state index contributed by atoms with van der Waals surface area (Å²) in [6.07, 6.45) is 6.99. The Bertz CT molecular complexity index is 1230. The molecule has 0 spiro atoms. The fourth-order valence-corrected chi connectivity index (χ4v) is 4.37. The van der Waals surface area contributed by atoms with Gasteiger partial charge >= 0.3 is 0 Å². The summed E-state index contributed by atoms with van der Waals surface area (Å²) >= 11 is 0. The van der Waals surface area contributed by atoms with Crippen LogP contribution in [0.2, 0.25) is 0 Å². The third-order valence-corrected chi connectivity index (χ3v) is 5.74. The van der Waals surface area contributed by atoms with Crippen LogP contribution in [-0.2, 0) is 10.0 Å². The van der Waals surface area contributed by atoms with Gasteiger partial charge in [0.05, 0.1) is 11.9 Å². The zero-order valence-corrected chi connectivity index (χ0v) is 17.2. The van der Waals surface area contributed by atoms with E-state index in [1.54, 1.807) is 29.0 Å². The molecule has 0 aliphatic heterocycles. The Kier molecular flexibility index (Phi) is 4.99. The molecule has 1 saturated carbocycles. The molecule has 0 radical (unpaired) electrons. The van der Waals surface area contributed by atoms with Crippen molar-refractivity contribution >= 4 is 38.4 Å². The van der Waals surface area contributed by atoms with E-state index in [9.17, 15) is 13.2 Å². The number of aryl methyl sites for hydroxylation is 1. The maximum Gasteiger partial charge on any atom is 0.252 e. The molecule has 152 valence electrons. The molecule has 29 heavy (non-hydrogen) atoms. The van der Waals surface area contributed by atoms with Crippen molar-refractivity contribution in [1.82, 2.24) is 14.5 Å². The molecule has 2 N–H and O–H groups in total. The van der Waals surface area contributed by atoms with Crippen LogP contribution in [0, 0.1) is 6.92 Å². The quantitative estimate of drug-likeness (QED) is 0.665. The molecule has 2 heterocycles. The van der Waals surface area contributed by atoms with Crippen LogP contribution in [0.3, 0.4) is 0 Å². The summed E-state index contributed by atoms with van der Waals surface area (Å²) in [6, 6.07) is 8.81. The number of nitrogens with one attached hydrogen (secondary N) is 2. The summed E-state index contributed by atoms with van der Waals surface area (Å²) in [6.45, 7) is 1.82.